The Balaban J connectivity index is 1.66. The molecule has 0 radical (unpaired) electrons. The van der Waals surface area contributed by atoms with E-state index in [2.05, 4.69) is 5.32 Å². The minimum absolute atomic E-state index is 0.0756. The zero-order valence-electron chi connectivity index (χ0n) is 16.1. The number of anilines is 2. The van der Waals surface area contributed by atoms with Gasteiger partial charge in [0.15, 0.2) is 0 Å². The van der Waals surface area contributed by atoms with Crippen LogP contribution in [0.4, 0.5) is 11.4 Å². The molecule has 2 aliphatic heterocycles. The molecule has 1 fully saturated rings. The van der Waals surface area contributed by atoms with Crippen LogP contribution in [0.5, 0.6) is 0 Å². The highest BCUT2D eigenvalue weighted by molar-refractivity contribution is 6.18. The van der Waals surface area contributed by atoms with Crippen molar-refractivity contribution in [2.45, 2.75) is 25.0 Å². The summed E-state index contributed by atoms with van der Waals surface area (Å²) < 4.78 is 5.46. The average molecular weight is 401 g/mol. The Kier molecular flexibility index (Phi) is 4.17. The topological polar surface area (TPSA) is 82.9 Å². The van der Waals surface area contributed by atoms with Gasteiger partial charge in [-0.05, 0) is 36.4 Å². The van der Waals surface area contributed by atoms with Crippen molar-refractivity contribution in [2.75, 3.05) is 10.2 Å². The van der Waals surface area contributed by atoms with Crippen LogP contribution in [0.25, 0.3) is 0 Å². The third kappa shape index (κ3) is 2.62. The van der Waals surface area contributed by atoms with Crippen molar-refractivity contribution in [3.63, 3.8) is 0 Å². The molecule has 7 heteroatoms. The lowest BCUT2D eigenvalue weighted by Crippen LogP contribution is -2.69. The van der Waals surface area contributed by atoms with E-state index in [1.165, 1.54) is 16.1 Å². The Morgan fingerprint density at radius 1 is 1.00 bits per heavy atom. The summed E-state index contributed by atoms with van der Waals surface area (Å²) in [5, 5.41) is 2.90. The molecule has 150 valence electrons. The van der Waals surface area contributed by atoms with E-state index in [4.69, 9.17) is 4.42 Å². The van der Waals surface area contributed by atoms with Crippen LogP contribution < -0.4 is 10.2 Å². The van der Waals surface area contributed by atoms with Crippen LogP contribution in [0.2, 0.25) is 0 Å². The van der Waals surface area contributed by atoms with Crippen molar-refractivity contribution in [1.82, 2.24) is 4.90 Å². The maximum absolute atomic E-state index is 13.7. The first-order chi connectivity index (χ1) is 14.6. The summed E-state index contributed by atoms with van der Waals surface area (Å²) in [5.74, 6) is -0.387. The molecule has 0 aliphatic carbocycles. The summed E-state index contributed by atoms with van der Waals surface area (Å²) in [6.07, 6.45) is 1.88. The van der Waals surface area contributed by atoms with Gasteiger partial charge in [-0.25, -0.2) is 0 Å². The van der Waals surface area contributed by atoms with Crippen molar-refractivity contribution in [3.8, 4) is 0 Å². The van der Waals surface area contributed by atoms with Gasteiger partial charge in [-0.15, -0.1) is 0 Å². The van der Waals surface area contributed by atoms with Gasteiger partial charge in [-0.1, -0.05) is 30.3 Å². The molecule has 0 unspecified atom stereocenters. The molecular weight excluding hydrogens is 382 g/mol. The highest BCUT2D eigenvalue weighted by atomic mass is 16.3. The third-order valence-electron chi connectivity index (χ3n) is 5.66. The SMILES string of the molecule is O=C1c2ccccc2N2C(=O)CC[C@]2(C(=O)Nc2ccccc2)N1Cc1ccco1. The fraction of sp³-hybridized carbons (Fsp3) is 0.174. The molecule has 3 heterocycles. The van der Waals surface area contributed by atoms with Gasteiger partial charge in [0.2, 0.25) is 11.6 Å². The van der Waals surface area contributed by atoms with Crippen LogP contribution in [0, 0.1) is 0 Å². The monoisotopic (exact) mass is 401 g/mol. The van der Waals surface area contributed by atoms with Crippen LogP contribution in [-0.4, -0.2) is 28.3 Å². The van der Waals surface area contributed by atoms with Gasteiger partial charge in [0, 0.05) is 18.5 Å². The number of furan rings is 1. The Labute approximate surface area is 172 Å². The van der Waals surface area contributed by atoms with Gasteiger partial charge in [0.25, 0.3) is 11.8 Å². The fourth-order valence-electron chi connectivity index (χ4n) is 4.31. The molecule has 0 saturated carbocycles. The lowest BCUT2D eigenvalue weighted by Gasteiger charge is -2.48. The number of hydrogen-bond acceptors (Lipinski definition) is 4. The third-order valence-corrected chi connectivity index (χ3v) is 5.66. The second-order valence-electron chi connectivity index (χ2n) is 7.35. The molecule has 1 N–H and O–H groups in total. The minimum Gasteiger partial charge on any atom is -0.467 e. The number of benzene rings is 2. The summed E-state index contributed by atoms with van der Waals surface area (Å²) in [6.45, 7) is 0.0756. The van der Waals surface area contributed by atoms with E-state index < -0.39 is 11.6 Å². The van der Waals surface area contributed by atoms with Gasteiger partial charge in [0.05, 0.1) is 24.1 Å². The normalized spacial score (nSPS) is 20.1. The summed E-state index contributed by atoms with van der Waals surface area (Å²) in [4.78, 5) is 43.1. The molecule has 0 bridgehead atoms. The Morgan fingerprint density at radius 2 is 1.77 bits per heavy atom. The predicted octanol–water partition coefficient (Wildman–Crippen LogP) is 3.40. The predicted molar refractivity (Wildman–Crippen MR) is 110 cm³/mol. The molecule has 3 aromatic rings. The molecule has 30 heavy (non-hydrogen) atoms. The van der Waals surface area contributed by atoms with Gasteiger partial charge in [0.1, 0.15) is 5.76 Å². The lowest BCUT2D eigenvalue weighted by molar-refractivity contribution is -0.129. The van der Waals surface area contributed by atoms with E-state index in [1.54, 1.807) is 48.5 Å². The van der Waals surface area contributed by atoms with Crippen LogP contribution in [0.3, 0.4) is 0 Å². The Bertz CT molecular complexity index is 1130. The van der Waals surface area contributed by atoms with E-state index in [1.807, 2.05) is 18.2 Å². The summed E-state index contributed by atoms with van der Waals surface area (Å²) in [6, 6.07) is 19.4. The van der Waals surface area contributed by atoms with Crippen molar-refractivity contribution in [2.24, 2.45) is 0 Å². The fourth-order valence-corrected chi connectivity index (χ4v) is 4.31. The van der Waals surface area contributed by atoms with Gasteiger partial charge >= 0.3 is 0 Å². The number of nitrogens with one attached hydrogen (secondary N) is 1. The van der Waals surface area contributed by atoms with Gasteiger partial charge in [-0.3, -0.25) is 24.2 Å². The number of carbonyl (C=O) groups excluding carboxylic acids is 3. The standard InChI is InChI=1S/C23H19N3O4/c27-20-12-13-23(22(29)24-16-7-2-1-3-8-16)25(15-17-9-6-14-30-17)21(28)18-10-4-5-11-19(18)26(20)23/h1-11,14H,12-13,15H2,(H,24,29)/t23-/m0/s1. The average Bonchev–Trinajstić information content (AvgIpc) is 3.40. The van der Waals surface area contributed by atoms with Crippen molar-refractivity contribution < 1.29 is 18.8 Å². The number of nitrogens with zero attached hydrogens (tertiary/aromatic N) is 2. The summed E-state index contributed by atoms with van der Waals surface area (Å²) in [7, 11) is 0. The van der Waals surface area contributed by atoms with E-state index in [9.17, 15) is 14.4 Å². The largest absolute Gasteiger partial charge is 0.467 e. The first-order valence-electron chi connectivity index (χ1n) is 9.74. The van der Waals surface area contributed by atoms with Crippen molar-refractivity contribution in [3.05, 3.63) is 84.3 Å². The number of para-hydroxylation sites is 2. The summed E-state index contributed by atoms with van der Waals surface area (Å²) in [5.41, 5.74) is -0.0164. The van der Waals surface area contributed by atoms with Crippen molar-refractivity contribution in [1.29, 1.82) is 0 Å². The molecular formula is C23H19N3O4. The maximum atomic E-state index is 13.7. The molecule has 7 nitrogen and oxygen atoms in total. The zero-order valence-corrected chi connectivity index (χ0v) is 16.1. The highest BCUT2D eigenvalue weighted by Gasteiger charge is 2.61. The van der Waals surface area contributed by atoms with E-state index >= 15 is 0 Å². The van der Waals surface area contributed by atoms with E-state index in [0.29, 0.717) is 22.7 Å². The number of amides is 3. The second-order valence-corrected chi connectivity index (χ2v) is 7.35. The maximum Gasteiger partial charge on any atom is 0.271 e. The Hall–Kier alpha value is -3.87. The number of hydrogen-bond donors (Lipinski definition) is 1. The van der Waals surface area contributed by atoms with E-state index in [-0.39, 0.29) is 31.2 Å². The van der Waals surface area contributed by atoms with Gasteiger partial charge < -0.3 is 9.73 Å². The molecule has 2 aromatic carbocycles. The number of carbonyl (C=O) groups is 3. The molecule has 1 saturated heterocycles. The molecule has 5 rings (SSSR count). The number of fused-ring (bicyclic) bond motifs is 3. The van der Waals surface area contributed by atoms with Crippen molar-refractivity contribution >= 4 is 29.1 Å². The molecule has 2 aliphatic rings. The quantitative estimate of drug-likeness (QED) is 0.726. The van der Waals surface area contributed by atoms with Crippen LogP contribution in [0.15, 0.2) is 77.4 Å². The van der Waals surface area contributed by atoms with Gasteiger partial charge in [-0.2, -0.15) is 0 Å². The lowest BCUT2D eigenvalue weighted by atomic mass is 9.95. The first kappa shape index (κ1) is 18.2. The first-order valence-corrected chi connectivity index (χ1v) is 9.74. The van der Waals surface area contributed by atoms with Crippen LogP contribution in [-0.2, 0) is 16.1 Å². The minimum atomic E-state index is -1.47. The zero-order chi connectivity index (χ0) is 20.7. The molecule has 1 aromatic heterocycles. The Morgan fingerprint density at radius 3 is 2.53 bits per heavy atom. The van der Waals surface area contributed by atoms with Crippen LogP contribution in [0.1, 0.15) is 29.0 Å². The second kappa shape index (κ2) is 6.88. The molecule has 1 atom stereocenters. The smallest absolute Gasteiger partial charge is 0.271 e. The van der Waals surface area contributed by atoms with E-state index in [0.717, 1.165) is 0 Å². The van der Waals surface area contributed by atoms with Crippen LogP contribution >= 0.6 is 0 Å². The highest BCUT2D eigenvalue weighted by Crippen LogP contribution is 2.45. The molecule has 0 spiro atoms. The summed E-state index contributed by atoms with van der Waals surface area (Å²) >= 11 is 0. The number of rotatable bonds is 4. The molecule has 3 amide bonds.